The molecular formula is C21H26ClN5O2S. The van der Waals surface area contributed by atoms with E-state index in [1.165, 1.54) is 0 Å². The molecule has 2 aromatic heterocycles. The number of aliphatic hydroxyl groups is 1. The summed E-state index contributed by atoms with van der Waals surface area (Å²) in [4.78, 5) is 16.8. The van der Waals surface area contributed by atoms with Crippen LogP contribution < -0.4 is 10.2 Å². The number of halogens is 1. The molecule has 0 spiro atoms. The third-order valence-corrected chi connectivity index (χ3v) is 8.32. The minimum Gasteiger partial charge on any atom is -0.394 e. The second-order valence-corrected chi connectivity index (χ2v) is 10.5. The summed E-state index contributed by atoms with van der Waals surface area (Å²) in [6, 6.07) is 2.11. The van der Waals surface area contributed by atoms with E-state index in [0.29, 0.717) is 22.5 Å². The molecule has 0 bridgehead atoms. The van der Waals surface area contributed by atoms with Gasteiger partial charge in [0.2, 0.25) is 0 Å². The lowest BCUT2D eigenvalue weighted by molar-refractivity contribution is 0.143. The predicted molar refractivity (Wildman–Crippen MR) is 118 cm³/mol. The molecular weight excluding hydrogens is 422 g/mol. The van der Waals surface area contributed by atoms with Crippen molar-refractivity contribution in [3.05, 3.63) is 34.9 Å². The third kappa shape index (κ3) is 3.69. The van der Waals surface area contributed by atoms with Gasteiger partial charge in [-0.15, -0.1) is 0 Å². The van der Waals surface area contributed by atoms with Crippen molar-refractivity contribution < 1.29 is 9.32 Å². The topological polar surface area (TPSA) is 91.2 Å². The van der Waals surface area contributed by atoms with Crippen molar-refractivity contribution >= 4 is 34.0 Å². The van der Waals surface area contributed by atoms with Crippen LogP contribution in [0.4, 0.5) is 11.6 Å². The number of piperidine rings is 1. The number of anilines is 2. The first-order valence-corrected chi connectivity index (χ1v) is 12.3. The lowest BCUT2D eigenvalue weighted by atomic mass is 9.77. The maximum atomic E-state index is 12.6. The molecule has 1 saturated carbocycles. The van der Waals surface area contributed by atoms with E-state index in [0.717, 1.165) is 73.7 Å². The molecule has 5 rings (SSSR count). The molecule has 160 valence electrons. The Morgan fingerprint density at radius 2 is 2.00 bits per heavy atom. The van der Waals surface area contributed by atoms with Gasteiger partial charge in [-0.25, -0.2) is 15.0 Å². The average Bonchev–Trinajstić information content (AvgIpc) is 3.12. The van der Waals surface area contributed by atoms with Crippen LogP contribution in [0.1, 0.15) is 49.4 Å². The molecule has 2 aromatic rings. The molecule has 2 N–H and O–H groups in total. The van der Waals surface area contributed by atoms with Gasteiger partial charge in [0.15, 0.2) is 0 Å². The van der Waals surface area contributed by atoms with Crippen LogP contribution >= 0.6 is 11.6 Å². The van der Waals surface area contributed by atoms with E-state index < -0.39 is 10.8 Å². The lowest BCUT2D eigenvalue weighted by Crippen LogP contribution is -2.48. The van der Waals surface area contributed by atoms with Crippen LogP contribution in [0.3, 0.4) is 0 Å². The van der Waals surface area contributed by atoms with Gasteiger partial charge in [0.05, 0.1) is 32.9 Å². The number of pyridine rings is 1. The zero-order valence-electron chi connectivity index (χ0n) is 16.8. The third-order valence-electron chi connectivity index (χ3n) is 6.64. The molecule has 0 radical (unpaired) electrons. The summed E-state index contributed by atoms with van der Waals surface area (Å²) in [5.74, 6) is 3.46. The van der Waals surface area contributed by atoms with E-state index in [2.05, 4.69) is 26.3 Å². The number of rotatable bonds is 5. The van der Waals surface area contributed by atoms with Crippen LogP contribution in [0.5, 0.6) is 0 Å². The van der Waals surface area contributed by atoms with Crippen molar-refractivity contribution in [3.8, 4) is 0 Å². The zero-order chi connectivity index (χ0) is 20.7. The summed E-state index contributed by atoms with van der Waals surface area (Å²) >= 11 is 5.91. The Morgan fingerprint density at radius 3 is 2.63 bits per heavy atom. The Kier molecular flexibility index (Phi) is 5.41. The first-order chi connectivity index (χ1) is 14.6. The van der Waals surface area contributed by atoms with Gasteiger partial charge in [0, 0.05) is 37.2 Å². The highest BCUT2D eigenvalue weighted by molar-refractivity contribution is 7.85. The molecule has 9 heteroatoms. The first-order valence-electron chi connectivity index (χ1n) is 10.6. The van der Waals surface area contributed by atoms with Gasteiger partial charge in [-0.1, -0.05) is 11.6 Å². The Bertz CT molecular complexity index is 953. The van der Waals surface area contributed by atoms with Gasteiger partial charge >= 0.3 is 0 Å². The molecule has 4 heterocycles. The van der Waals surface area contributed by atoms with Gasteiger partial charge in [-0.3, -0.25) is 4.21 Å². The number of aliphatic hydroxyl groups excluding tert-OH is 1. The van der Waals surface area contributed by atoms with Gasteiger partial charge in [-0.2, -0.15) is 0 Å². The second kappa shape index (κ2) is 8.05. The fourth-order valence-electron chi connectivity index (χ4n) is 4.64. The zero-order valence-corrected chi connectivity index (χ0v) is 18.4. The number of nitrogens with one attached hydrogen (secondary N) is 1. The van der Waals surface area contributed by atoms with Crippen molar-refractivity contribution in [3.63, 3.8) is 0 Å². The van der Waals surface area contributed by atoms with E-state index in [1.54, 1.807) is 12.4 Å². The summed E-state index contributed by atoms with van der Waals surface area (Å²) in [6.07, 6.45) is 8.98. The molecule has 0 amide bonds. The minimum atomic E-state index is -1.02. The van der Waals surface area contributed by atoms with E-state index in [9.17, 15) is 9.32 Å². The van der Waals surface area contributed by atoms with Crippen molar-refractivity contribution in [2.24, 2.45) is 0 Å². The number of hydrogen-bond acceptors (Lipinski definition) is 7. The van der Waals surface area contributed by atoms with Crippen LogP contribution in [-0.2, 0) is 17.2 Å². The highest BCUT2D eigenvalue weighted by Crippen LogP contribution is 2.39. The molecule has 1 saturated heterocycles. The fourth-order valence-corrected chi connectivity index (χ4v) is 6.11. The maximum absolute atomic E-state index is 12.6. The summed E-state index contributed by atoms with van der Waals surface area (Å²) in [6.45, 7) is 1.82. The number of hydrogen-bond donors (Lipinski definition) is 2. The fraction of sp³-hybridized carbons (Fsp3) is 0.571. The normalized spacial score (nSPS) is 23.1. The monoisotopic (exact) mass is 447 g/mol. The highest BCUT2D eigenvalue weighted by Gasteiger charge is 2.38. The van der Waals surface area contributed by atoms with E-state index >= 15 is 0 Å². The minimum absolute atomic E-state index is 0.0762. The molecule has 1 aliphatic carbocycles. The van der Waals surface area contributed by atoms with Crippen LogP contribution in [0, 0.1) is 0 Å². The van der Waals surface area contributed by atoms with E-state index in [4.69, 9.17) is 16.6 Å². The van der Waals surface area contributed by atoms with Gasteiger partial charge in [0.25, 0.3) is 0 Å². The smallest absolute Gasteiger partial charge is 0.145 e. The first kappa shape index (κ1) is 20.2. The number of aromatic nitrogens is 3. The Hall–Kier alpha value is -1.77. The Morgan fingerprint density at radius 1 is 1.27 bits per heavy atom. The molecule has 1 atom stereocenters. The number of fused-ring (bicyclic) bond motifs is 1. The van der Waals surface area contributed by atoms with Gasteiger partial charge in [-0.05, 0) is 50.2 Å². The Labute approximate surface area is 183 Å². The summed E-state index contributed by atoms with van der Waals surface area (Å²) in [5.41, 5.74) is 0.807. The molecule has 2 aliphatic heterocycles. The molecule has 7 nitrogen and oxygen atoms in total. The summed E-state index contributed by atoms with van der Waals surface area (Å²) < 4.78 is 12.6. The van der Waals surface area contributed by atoms with Crippen molar-refractivity contribution in [2.45, 2.75) is 54.9 Å². The predicted octanol–water partition coefficient (Wildman–Crippen LogP) is 2.90. The SMILES string of the molecule is O=[S@@]1CCc2cc(N3CCC(c4ncc(Cl)cn4)CC3)nc(NC3(CO)CCC3)c21. The Balaban J connectivity index is 1.37. The largest absolute Gasteiger partial charge is 0.394 e. The quantitative estimate of drug-likeness (QED) is 0.728. The van der Waals surface area contributed by atoms with Crippen molar-refractivity contribution in [2.75, 3.05) is 35.7 Å². The molecule has 30 heavy (non-hydrogen) atoms. The second-order valence-electron chi connectivity index (χ2n) is 8.55. The number of nitrogens with zero attached hydrogens (tertiary/aromatic N) is 4. The molecule has 0 aromatic carbocycles. The molecule has 3 aliphatic rings. The van der Waals surface area contributed by atoms with Crippen LogP contribution in [0.15, 0.2) is 23.4 Å². The highest BCUT2D eigenvalue weighted by atomic mass is 35.5. The van der Waals surface area contributed by atoms with Crippen LogP contribution in [0.25, 0.3) is 0 Å². The van der Waals surface area contributed by atoms with Crippen molar-refractivity contribution in [1.82, 2.24) is 15.0 Å². The van der Waals surface area contributed by atoms with Crippen LogP contribution in [0.2, 0.25) is 5.02 Å². The van der Waals surface area contributed by atoms with E-state index in [1.807, 2.05) is 0 Å². The average molecular weight is 448 g/mol. The van der Waals surface area contributed by atoms with Crippen molar-refractivity contribution in [1.29, 1.82) is 0 Å². The standard InChI is InChI=1S/C21H26ClN5O2S/c22-16-11-23-19(24-12-16)14-2-7-27(8-3-14)17-10-15-4-9-30(29)18(15)20(25-17)26-21(13-28)5-1-6-21/h10-12,14,28H,1-9,13H2,(H,25,26)/t30-/m1/s1. The molecule has 2 fully saturated rings. The van der Waals surface area contributed by atoms with Gasteiger partial charge in [0.1, 0.15) is 17.5 Å². The number of aryl methyl sites for hydroxylation is 1. The van der Waals surface area contributed by atoms with E-state index in [-0.39, 0.29) is 12.1 Å². The summed E-state index contributed by atoms with van der Waals surface area (Å²) in [7, 11) is -1.02. The lowest BCUT2D eigenvalue weighted by Gasteiger charge is -2.42. The maximum Gasteiger partial charge on any atom is 0.145 e. The van der Waals surface area contributed by atoms with Crippen LogP contribution in [-0.4, -0.2) is 55.3 Å². The molecule has 0 unspecified atom stereocenters. The van der Waals surface area contributed by atoms with Gasteiger partial charge < -0.3 is 15.3 Å². The summed E-state index contributed by atoms with van der Waals surface area (Å²) in [5, 5.41) is 13.9.